The molecule has 6 heteroatoms. The maximum Gasteiger partial charge on any atom is 0.434 e. The van der Waals surface area contributed by atoms with Crippen LogP contribution in [0.25, 0.3) is 0 Å². The molecular weight excluding hydrogens is 196 g/mol. The van der Waals surface area contributed by atoms with Crippen LogP contribution in [0, 0.1) is 10.1 Å². The summed E-state index contributed by atoms with van der Waals surface area (Å²) in [5.74, 6) is -0.0784. The number of aromatic nitrogens is 2. The Kier molecular flexibility index (Phi) is 2.44. The fraction of sp³-hybridized carbons (Fsp3) is 0.667. The van der Waals surface area contributed by atoms with Crippen molar-refractivity contribution in [2.45, 2.75) is 18.9 Å². The topological polar surface area (TPSA) is 64.2 Å². The predicted octanol–water partition coefficient (Wildman–Crippen LogP) is 1.09. The van der Waals surface area contributed by atoms with Crippen LogP contribution in [0.1, 0.15) is 24.6 Å². The minimum absolute atomic E-state index is 0.0784. The molecule has 1 saturated heterocycles. The summed E-state index contributed by atoms with van der Waals surface area (Å²) >= 11 is 0. The molecule has 2 heterocycles. The second-order valence-corrected chi connectivity index (χ2v) is 3.94. The SMILES string of the molecule is CN1CCC[C@H]1c1cnc([N+](=O)[O-])n1C. The van der Waals surface area contributed by atoms with E-state index in [1.165, 1.54) is 0 Å². The van der Waals surface area contributed by atoms with E-state index >= 15 is 0 Å². The number of hydrogen-bond donors (Lipinski definition) is 0. The van der Waals surface area contributed by atoms with Crippen molar-refractivity contribution >= 4 is 5.95 Å². The zero-order valence-electron chi connectivity index (χ0n) is 8.88. The average Bonchev–Trinajstić information content (AvgIpc) is 2.71. The molecule has 0 bridgehead atoms. The van der Waals surface area contributed by atoms with Crippen LogP contribution in [-0.4, -0.2) is 33.0 Å². The molecule has 0 saturated carbocycles. The van der Waals surface area contributed by atoms with Crippen LogP contribution in [0.3, 0.4) is 0 Å². The number of hydrogen-bond acceptors (Lipinski definition) is 4. The molecule has 0 N–H and O–H groups in total. The van der Waals surface area contributed by atoms with Crippen molar-refractivity contribution in [3.63, 3.8) is 0 Å². The Balaban J connectivity index is 2.33. The first-order valence-corrected chi connectivity index (χ1v) is 4.97. The first kappa shape index (κ1) is 10.1. The van der Waals surface area contributed by atoms with E-state index in [1.54, 1.807) is 17.8 Å². The fourth-order valence-electron chi connectivity index (χ4n) is 2.18. The maximum absolute atomic E-state index is 10.6. The van der Waals surface area contributed by atoms with E-state index in [9.17, 15) is 10.1 Å². The van der Waals surface area contributed by atoms with Gasteiger partial charge in [-0.1, -0.05) is 4.98 Å². The van der Waals surface area contributed by atoms with E-state index < -0.39 is 4.92 Å². The molecule has 0 radical (unpaired) electrons. The van der Waals surface area contributed by atoms with Crippen LogP contribution < -0.4 is 0 Å². The summed E-state index contributed by atoms with van der Waals surface area (Å²) in [6.45, 7) is 1.05. The quantitative estimate of drug-likeness (QED) is 0.541. The van der Waals surface area contributed by atoms with Crippen LogP contribution in [0.2, 0.25) is 0 Å². The second-order valence-electron chi connectivity index (χ2n) is 3.94. The van der Waals surface area contributed by atoms with Gasteiger partial charge in [-0.2, -0.15) is 0 Å². The third kappa shape index (κ3) is 1.61. The van der Waals surface area contributed by atoms with Crippen molar-refractivity contribution in [2.75, 3.05) is 13.6 Å². The second kappa shape index (κ2) is 3.62. The molecule has 0 unspecified atom stereocenters. The molecule has 6 nitrogen and oxygen atoms in total. The molecule has 0 aliphatic carbocycles. The standard InChI is InChI=1S/C9H14N4O2/c1-11-5-3-4-7(11)8-6-10-9(12(8)2)13(14)15/h6-7H,3-5H2,1-2H3/t7-/m0/s1. The highest BCUT2D eigenvalue weighted by Gasteiger charge is 2.30. The Morgan fingerprint density at radius 2 is 2.33 bits per heavy atom. The van der Waals surface area contributed by atoms with E-state index in [2.05, 4.69) is 9.88 Å². The third-order valence-corrected chi connectivity index (χ3v) is 3.02. The summed E-state index contributed by atoms with van der Waals surface area (Å²) < 4.78 is 1.58. The largest absolute Gasteiger partial charge is 0.434 e. The minimum Gasteiger partial charge on any atom is -0.390 e. The fourth-order valence-corrected chi connectivity index (χ4v) is 2.18. The summed E-state index contributed by atoms with van der Waals surface area (Å²) in [4.78, 5) is 16.2. The van der Waals surface area contributed by atoms with Gasteiger partial charge in [0.1, 0.15) is 11.9 Å². The van der Waals surface area contributed by atoms with Gasteiger partial charge < -0.3 is 10.1 Å². The summed E-state index contributed by atoms with van der Waals surface area (Å²) in [6.07, 6.45) is 3.80. The number of nitrogens with zero attached hydrogens (tertiary/aromatic N) is 4. The Morgan fingerprint density at radius 1 is 1.60 bits per heavy atom. The molecule has 2 rings (SSSR count). The number of nitro groups is 1. The molecule has 1 aliphatic rings. The molecule has 0 amide bonds. The van der Waals surface area contributed by atoms with Gasteiger partial charge in [0.25, 0.3) is 0 Å². The smallest absolute Gasteiger partial charge is 0.390 e. The summed E-state index contributed by atoms with van der Waals surface area (Å²) in [5.41, 5.74) is 0.932. The Hall–Kier alpha value is -1.43. The number of rotatable bonds is 2. The van der Waals surface area contributed by atoms with Gasteiger partial charge in [-0.15, -0.1) is 0 Å². The highest BCUT2D eigenvalue weighted by atomic mass is 16.6. The molecule has 1 aromatic rings. The Bertz CT molecular complexity index is 387. The van der Waals surface area contributed by atoms with Crippen molar-refractivity contribution in [1.29, 1.82) is 0 Å². The zero-order chi connectivity index (χ0) is 11.0. The van der Waals surface area contributed by atoms with Crippen LogP contribution in [0.5, 0.6) is 0 Å². The van der Waals surface area contributed by atoms with Crippen molar-refractivity contribution in [1.82, 2.24) is 14.5 Å². The van der Waals surface area contributed by atoms with E-state index in [-0.39, 0.29) is 12.0 Å². The van der Waals surface area contributed by atoms with Gasteiger partial charge in [0.2, 0.25) is 0 Å². The lowest BCUT2D eigenvalue weighted by Gasteiger charge is -2.17. The van der Waals surface area contributed by atoms with E-state index in [0.717, 1.165) is 25.1 Å². The van der Waals surface area contributed by atoms with Gasteiger partial charge in [-0.05, 0) is 31.4 Å². The van der Waals surface area contributed by atoms with Crippen LogP contribution in [0.15, 0.2) is 6.20 Å². The minimum atomic E-state index is -0.446. The molecule has 1 aliphatic heterocycles. The van der Waals surface area contributed by atoms with Crippen molar-refractivity contribution in [3.05, 3.63) is 22.0 Å². The highest BCUT2D eigenvalue weighted by molar-refractivity contribution is 5.18. The van der Waals surface area contributed by atoms with Crippen LogP contribution in [0.4, 0.5) is 5.95 Å². The number of likely N-dealkylation sites (tertiary alicyclic amines) is 1. The molecule has 1 aromatic heterocycles. The lowest BCUT2D eigenvalue weighted by Crippen LogP contribution is -2.19. The van der Waals surface area contributed by atoms with Gasteiger partial charge >= 0.3 is 5.95 Å². The van der Waals surface area contributed by atoms with Crippen LogP contribution >= 0.6 is 0 Å². The molecular formula is C9H14N4O2. The van der Waals surface area contributed by atoms with Crippen LogP contribution in [-0.2, 0) is 7.05 Å². The van der Waals surface area contributed by atoms with Gasteiger partial charge in [0.15, 0.2) is 0 Å². The third-order valence-electron chi connectivity index (χ3n) is 3.02. The molecule has 82 valence electrons. The lowest BCUT2D eigenvalue weighted by atomic mass is 10.1. The van der Waals surface area contributed by atoms with E-state index in [0.29, 0.717) is 0 Å². The zero-order valence-corrected chi connectivity index (χ0v) is 8.88. The molecule has 15 heavy (non-hydrogen) atoms. The van der Waals surface area contributed by atoms with E-state index in [4.69, 9.17) is 0 Å². The van der Waals surface area contributed by atoms with Gasteiger partial charge in [0.05, 0.1) is 13.1 Å². The first-order chi connectivity index (χ1) is 7.11. The molecule has 0 aromatic carbocycles. The van der Waals surface area contributed by atoms with Crippen molar-refractivity contribution in [3.8, 4) is 0 Å². The maximum atomic E-state index is 10.6. The molecule has 1 fully saturated rings. The molecule has 1 atom stereocenters. The summed E-state index contributed by atoms with van der Waals surface area (Å²) in [7, 11) is 3.74. The first-order valence-electron chi connectivity index (χ1n) is 4.97. The van der Waals surface area contributed by atoms with Gasteiger partial charge in [-0.3, -0.25) is 4.90 Å². The van der Waals surface area contributed by atoms with Gasteiger partial charge in [-0.25, -0.2) is 4.57 Å². The monoisotopic (exact) mass is 210 g/mol. The van der Waals surface area contributed by atoms with Crippen molar-refractivity contribution in [2.24, 2.45) is 7.05 Å². The van der Waals surface area contributed by atoms with Gasteiger partial charge in [0, 0.05) is 0 Å². The lowest BCUT2D eigenvalue weighted by molar-refractivity contribution is -0.396. The molecule has 0 spiro atoms. The van der Waals surface area contributed by atoms with Crippen molar-refractivity contribution < 1.29 is 4.92 Å². The van der Waals surface area contributed by atoms with E-state index in [1.807, 2.05) is 7.05 Å². The highest BCUT2D eigenvalue weighted by Crippen LogP contribution is 2.31. The number of imidazole rings is 1. The Labute approximate surface area is 87.7 Å². The Morgan fingerprint density at radius 3 is 2.80 bits per heavy atom. The normalized spacial score (nSPS) is 22.1. The summed E-state index contributed by atoms with van der Waals surface area (Å²) in [6, 6.07) is 0.274. The summed E-state index contributed by atoms with van der Waals surface area (Å²) in [5, 5.41) is 10.6. The average molecular weight is 210 g/mol. The predicted molar refractivity (Wildman–Crippen MR) is 54.5 cm³/mol.